The number of carbonyl (C=O) groups excluding carboxylic acids is 1. The lowest BCUT2D eigenvalue weighted by atomic mass is 9.91. The van der Waals surface area contributed by atoms with E-state index >= 15 is 0 Å². The first-order valence-electron chi connectivity index (χ1n) is 14.1. The summed E-state index contributed by atoms with van der Waals surface area (Å²) in [6.07, 6.45) is 8.33. The molecule has 13 heteroatoms. The number of halogens is 2. The van der Waals surface area contributed by atoms with E-state index < -0.39 is 21.7 Å². The highest BCUT2D eigenvalue weighted by Gasteiger charge is 2.28. The number of aromatic nitrogens is 4. The predicted molar refractivity (Wildman–Crippen MR) is 154 cm³/mol. The second kappa shape index (κ2) is 11.6. The van der Waals surface area contributed by atoms with Gasteiger partial charge >= 0.3 is 6.03 Å². The summed E-state index contributed by atoms with van der Waals surface area (Å²) in [5.74, 6) is -1.66. The fourth-order valence-corrected chi connectivity index (χ4v) is 7.16. The summed E-state index contributed by atoms with van der Waals surface area (Å²) < 4.78 is 57.0. The Morgan fingerprint density at radius 3 is 2.55 bits per heavy atom. The molecule has 1 saturated heterocycles. The Balaban J connectivity index is 1.26. The van der Waals surface area contributed by atoms with Gasteiger partial charge in [-0.2, -0.15) is 0 Å². The van der Waals surface area contributed by atoms with E-state index in [2.05, 4.69) is 25.6 Å². The number of benzene rings is 1. The summed E-state index contributed by atoms with van der Waals surface area (Å²) in [4.78, 5) is 27.0. The van der Waals surface area contributed by atoms with Gasteiger partial charge in [0.15, 0.2) is 23.1 Å². The lowest BCUT2D eigenvalue weighted by molar-refractivity contribution is 0.199. The Morgan fingerprint density at radius 2 is 1.76 bits per heavy atom. The number of carbonyl (C=O) groups is 1. The molecule has 2 amide bonds. The van der Waals surface area contributed by atoms with E-state index in [1.165, 1.54) is 12.3 Å². The molecule has 1 aromatic carbocycles. The van der Waals surface area contributed by atoms with Crippen molar-refractivity contribution in [1.29, 1.82) is 0 Å². The molecule has 220 valence electrons. The highest BCUT2D eigenvalue weighted by molar-refractivity contribution is 7.89. The lowest BCUT2D eigenvalue weighted by Crippen LogP contribution is -2.47. The number of nitrogens with zero attached hydrogens (tertiary/aromatic N) is 5. The van der Waals surface area contributed by atoms with Crippen molar-refractivity contribution in [2.75, 3.05) is 18.4 Å². The largest absolute Gasteiger partial charge is 0.365 e. The Bertz CT molecular complexity index is 1710. The van der Waals surface area contributed by atoms with Crippen LogP contribution in [0.4, 0.5) is 19.4 Å². The van der Waals surface area contributed by atoms with Crippen molar-refractivity contribution < 1.29 is 22.0 Å². The van der Waals surface area contributed by atoms with Gasteiger partial charge < -0.3 is 15.5 Å². The molecule has 4 heterocycles. The number of pyridine rings is 1. The van der Waals surface area contributed by atoms with E-state index in [1.54, 1.807) is 30.3 Å². The summed E-state index contributed by atoms with van der Waals surface area (Å²) >= 11 is 0. The minimum atomic E-state index is -3.95. The maximum absolute atomic E-state index is 14.9. The van der Waals surface area contributed by atoms with Crippen LogP contribution in [0.15, 0.2) is 55.0 Å². The van der Waals surface area contributed by atoms with Crippen LogP contribution >= 0.6 is 0 Å². The van der Waals surface area contributed by atoms with Gasteiger partial charge in [-0.15, -0.1) is 0 Å². The third-order valence-electron chi connectivity index (χ3n) is 7.79. The minimum absolute atomic E-state index is 0.0219. The molecule has 2 aliphatic rings. The van der Waals surface area contributed by atoms with Gasteiger partial charge in [-0.25, -0.2) is 40.9 Å². The second-order valence-corrected chi connectivity index (χ2v) is 12.7. The first-order chi connectivity index (χ1) is 20.3. The molecule has 0 spiro atoms. The van der Waals surface area contributed by atoms with Gasteiger partial charge in [-0.05, 0) is 50.2 Å². The number of nitrogens with one attached hydrogen (secondary N) is 2. The number of rotatable bonds is 7. The first kappa shape index (κ1) is 28.0. The second-order valence-electron chi connectivity index (χ2n) is 10.8. The van der Waals surface area contributed by atoms with Crippen molar-refractivity contribution in [3.8, 4) is 11.4 Å². The van der Waals surface area contributed by atoms with Gasteiger partial charge in [-0.1, -0.05) is 30.3 Å². The molecule has 1 aliphatic carbocycles. The topological polar surface area (TPSA) is 122 Å². The molecule has 2 fully saturated rings. The number of anilines is 1. The maximum atomic E-state index is 14.9. The van der Waals surface area contributed by atoms with Crippen LogP contribution in [-0.2, 0) is 15.8 Å². The van der Waals surface area contributed by atoms with Crippen LogP contribution in [0.5, 0.6) is 0 Å². The van der Waals surface area contributed by atoms with E-state index in [-0.39, 0.29) is 52.1 Å². The van der Waals surface area contributed by atoms with Crippen LogP contribution in [0.3, 0.4) is 0 Å². The van der Waals surface area contributed by atoms with Crippen molar-refractivity contribution in [2.24, 2.45) is 0 Å². The predicted octanol–water partition coefficient (Wildman–Crippen LogP) is 4.68. The highest BCUT2D eigenvalue weighted by atomic mass is 32.2. The van der Waals surface area contributed by atoms with E-state index in [0.29, 0.717) is 12.0 Å². The monoisotopic (exact) mass is 595 g/mol. The maximum Gasteiger partial charge on any atom is 0.317 e. The summed E-state index contributed by atoms with van der Waals surface area (Å²) in [6, 6.07) is 9.59. The van der Waals surface area contributed by atoms with Gasteiger partial charge in [0.05, 0.1) is 18.1 Å². The number of hydrogen-bond donors (Lipinski definition) is 2. The molecule has 1 saturated carbocycles. The normalized spacial score (nSPS) is 19.2. The van der Waals surface area contributed by atoms with E-state index in [9.17, 15) is 22.0 Å². The molecule has 0 radical (unpaired) electrons. The molecule has 4 aromatic rings. The van der Waals surface area contributed by atoms with Crippen LogP contribution < -0.4 is 10.6 Å². The van der Waals surface area contributed by atoms with Crippen molar-refractivity contribution in [2.45, 2.75) is 56.4 Å². The van der Waals surface area contributed by atoms with Crippen LogP contribution in [0, 0.1) is 11.6 Å². The zero-order chi connectivity index (χ0) is 29.3. The smallest absolute Gasteiger partial charge is 0.317 e. The van der Waals surface area contributed by atoms with Gasteiger partial charge in [0.2, 0.25) is 10.0 Å². The van der Waals surface area contributed by atoms with Crippen molar-refractivity contribution in [1.82, 2.24) is 29.1 Å². The Hall–Kier alpha value is -4.13. The van der Waals surface area contributed by atoms with Gasteiger partial charge in [0, 0.05) is 42.3 Å². The van der Waals surface area contributed by atoms with E-state index in [0.717, 1.165) is 61.6 Å². The third kappa shape index (κ3) is 5.91. The zero-order valence-corrected chi connectivity index (χ0v) is 23.7. The van der Waals surface area contributed by atoms with Crippen molar-refractivity contribution in [3.05, 3.63) is 72.2 Å². The fourth-order valence-electron chi connectivity index (χ4n) is 5.73. The van der Waals surface area contributed by atoms with E-state index in [1.807, 2.05) is 4.90 Å². The summed E-state index contributed by atoms with van der Waals surface area (Å²) in [5, 5.41) is 6.45. The summed E-state index contributed by atoms with van der Waals surface area (Å²) in [7, 11) is -3.95. The fraction of sp³-hybridized carbons (Fsp3) is 0.379. The summed E-state index contributed by atoms with van der Waals surface area (Å²) in [6.45, 7) is 1.52. The lowest BCUT2D eigenvalue weighted by Gasteiger charge is -2.32. The molecule has 10 nitrogen and oxygen atoms in total. The number of amides is 2. The van der Waals surface area contributed by atoms with Crippen LogP contribution in [0.25, 0.3) is 22.4 Å². The highest BCUT2D eigenvalue weighted by Crippen LogP contribution is 2.31. The van der Waals surface area contributed by atoms with Gasteiger partial charge in [0.1, 0.15) is 5.82 Å². The SMILES string of the molecule is O=C(N[C@@H]1CCC[C@H](Nc2nc(-c3cn(S(=O)(=O)Cc4ccccc4)c4ncc(F)cc34)ncc2F)C1)N1CCCC1. The third-order valence-corrected chi connectivity index (χ3v) is 9.37. The van der Waals surface area contributed by atoms with Gasteiger partial charge in [-0.3, -0.25) is 0 Å². The van der Waals surface area contributed by atoms with Gasteiger partial charge in [0.25, 0.3) is 0 Å². The summed E-state index contributed by atoms with van der Waals surface area (Å²) in [5.41, 5.74) is 0.805. The quantitative estimate of drug-likeness (QED) is 0.318. The van der Waals surface area contributed by atoms with Crippen molar-refractivity contribution in [3.63, 3.8) is 0 Å². The molecular weight excluding hydrogens is 564 g/mol. The van der Waals surface area contributed by atoms with Crippen LogP contribution in [0.2, 0.25) is 0 Å². The molecular formula is C29H31F2N7O3S. The first-order valence-corrected chi connectivity index (χ1v) is 15.7. The molecule has 0 bridgehead atoms. The molecule has 0 unspecified atom stereocenters. The Labute approximate surface area is 242 Å². The van der Waals surface area contributed by atoms with Crippen LogP contribution in [0.1, 0.15) is 44.1 Å². The number of hydrogen-bond acceptors (Lipinski definition) is 7. The number of fused-ring (bicyclic) bond motifs is 1. The average Bonchev–Trinajstić information content (AvgIpc) is 3.64. The number of likely N-dealkylation sites (tertiary alicyclic amines) is 1. The van der Waals surface area contributed by atoms with Crippen LogP contribution in [-0.4, -0.2) is 63.4 Å². The molecule has 2 N–H and O–H groups in total. The average molecular weight is 596 g/mol. The standard InChI is InChI=1S/C29H31F2N7O3S/c30-20-13-23-24(17-38(28(23)33-15-20)42(40,41)18-19-7-2-1-3-8-19)26-32-16-25(31)27(36-26)34-21-9-6-10-22(14-21)35-29(39)37-11-4-5-12-37/h1-3,7-8,13,15-17,21-22H,4-6,9-12,14,18H2,(H,35,39)(H,32,34,36)/t21-,22+/m0/s1. The zero-order valence-electron chi connectivity index (χ0n) is 22.8. The molecule has 2 atom stereocenters. The molecule has 3 aromatic heterocycles. The molecule has 1 aliphatic heterocycles. The Kier molecular flexibility index (Phi) is 7.76. The molecule has 42 heavy (non-hydrogen) atoms. The molecule has 6 rings (SSSR count). The van der Waals surface area contributed by atoms with E-state index in [4.69, 9.17) is 0 Å². The number of urea groups is 1. The Morgan fingerprint density at radius 1 is 1.00 bits per heavy atom. The van der Waals surface area contributed by atoms with Crippen molar-refractivity contribution >= 4 is 32.9 Å². The minimum Gasteiger partial charge on any atom is -0.365 e.